The molecule has 1 saturated heterocycles. The van der Waals surface area contributed by atoms with Crippen molar-refractivity contribution in [2.45, 2.75) is 27.7 Å². The monoisotopic (exact) mass is 386 g/mol. The summed E-state index contributed by atoms with van der Waals surface area (Å²) in [6.07, 6.45) is 0. The van der Waals surface area contributed by atoms with Crippen LogP contribution in [-0.2, 0) is 4.79 Å². The van der Waals surface area contributed by atoms with Crippen molar-refractivity contribution in [1.29, 1.82) is 0 Å². The van der Waals surface area contributed by atoms with Gasteiger partial charge < -0.3 is 9.80 Å². The molecule has 0 saturated carbocycles. The van der Waals surface area contributed by atoms with Gasteiger partial charge in [-0.3, -0.25) is 4.79 Å². The first-order valence-corrected chi connectivity index (χ1v) is 9.86. The highest BCUT2D eigenvalue weighted by atomic mass is 35.5. The molecular formula is C21H27ClN4O. The molecule has 0 atom stereocenters. The minimum atomic E-state index is -0.520. The average molecular weight is 387 g/mol. The van der Waals surface area contributed by atoms with Gasteiger partial charge in [-0.2, -0.15) is 0 Å². The Balaban J connectivity index is 1.76. The third-order valence-corrected chi connectivity index (χ3v) is 5.59. The first-order valence-electron chi connectivity index (χ1n) is 9.33. The molecule has 27 heavy (non-hydrogen) atoms. The minimum Gasteiger partial charge on any atom is -0.353 e. The second-order valence-electron chi connectivity index (χ2n) is 7.86. The summed E-state index contributed by atoms with van der Waals surface area (Å²) in [5.74, 6) is 2.12. The van der Waals surface area contributed by atoms with Crippen LogP contribution < -0.4 is 4.90 Å². The maximum Gasteiger partial charge on any atom is 0.229 e. The number of halogens is 1. The molecule has 1 fully saturated rings. The van der Waals surface area contributed by atoms with Gasteiger partial charge in [0.05, 0.1) is 5.41 Å². The number of amides is 1. The molecule has 1 aromatic heterocycles. The summed E-state index contributed by atoms with van der Waals surface area (Å²) in [4.78, 5) is 26.2. The molecule has 0 radical (unpaired) electrons. The highest BCUT2D eigenvalue weighted by molar-refractivity contribution is 6.19. The number of benzene rings is 1. The van der Waals surface area contributed by atoms with Gasteiger partial charge >= 0.3 is 0 Å². The number of hydrogen-bond donors (Lipinski definition) is 0. The van der Waals surface area contributed by atoms with Gasteiger partial charge in [0, 0.05) is 49.4 Å². The predicted molar refractivity (Wildman–Crippen MR) is 110 cm³/mol. The zero-order valence-corrected chi connectivity index (χ0v) is 17.3. The summed E-state index contributed by atoms with van der Waals surface area (Å²) in [5.41, 5.74) is 2.64. The summed E-state index contributed by atoms with van der Waals surface area (Å²) >= 11 is 5.96. The van der Waals surface area contributed by atoms with E-state index < -0.39 is 5.41 Å². The highest BCUT2D eigenvalue weighted by Crippen LogP contribution is 2.24. The number of aromatic nitrogens is 2. The summed E-state index contributed by atoms with van der Waals surface area (Å²) < 4.78 is 0. The molecule has 1 aliphatic rings. The van der Waals surface area contributed by atoms with Gasteiger partial charge in [0.2, 0.25) is 5.91 Å². The zero-order chi connectivity index (χ0) is 19.6. The molecule has 0 bridgehead atoms. The first-order chi connectivity index (χ1) is 12.8. The fourth-order valence-electron chi connectivity index (χ4n) is 3.25. The third-order valence-electron chi connectivity index (χ3n) is 4.92. The minimum absolute atomic E-state index is 0.122. The Morgan fingerprint density at radius 1 is 1.11 bits per heavy atom. The van der Waals surface area contributed by atoms with E-state index in [1.807, 2.05) is 43.9 Å². The molecule has 2 heterocycles. The number of piperazine rings is 1. The van der Waals surface area contributed by atoms with Crippen LogP contribution in [-0.4, -0.2) is 52.8 Å². The SMILES string of the molecule is Cc1cccc(-c2nc(C)cc(N3CCN(C(=O)C(C)(C)CCl)CC3)n2)c1. The number of anilines is 1. The molecule has 0 spiro atoms. The summed E-state index contributed by atoms with van der Waals surface area (Å²) in [6.45, 7) is 10.7. The van der Waals surface area contributed by atoms with Crippen LogP contribution in [0.25, 0.3) is 11.4 Å². The Morgan fingerprint density at radius 2 is 1.81 bits per heavy atom. The number of aryl methyl sites for hydroxylation is 2. The van der Waals surface area contributed by atoms with Gasteiger partial charge in [-0.15, -0.1) is 11.6 Å². The number of rotatable bonds is 4. The molecule has 0 unspecified atom stereocenters. The van der Waals surface area contributed by atoms with Gasteiger partial charge in [0.15, 0.2) is 5.82 Å². The second-order valence-corrected chi connectivity index (χ2v) is 8.12. The molecule has 2 aromatic rings. The smallest absolute Gasteiger partial charge is 0.229 e. The standard InChI is InChI=1S/C21H27ClN4O/c1-15-6-5-7-17(12-15)19-23-16(2)13-18(24-19)25-8-10-26(11-9-25)20(27)21(3,4)14-22/h5-7,12-13H,8-11,14H2,1-4H3. The molecule has 1 aromatic carbocycles. The van der Waals surface area contributed by atoms with Crippen molar-refractivity contribution in [2.24, 2.45) is 5.41 Å². The van der Waals surface area contributed by atoms with Crippen LogP contribution in [0.4, 0.5) is 5.82 Å². The van der Waals surface area contributed by atoms with Crippen LogP contribution in [0, 0.1) is 19.3 Å². The van der Waals surface area contributed by atoms with Crippen LogP contribution in [0.15, 0.2) is 30.3 Å². The zero-order valence-electron chi connectivity index (χ0n) is 16.5. The van der Waals surface area contributed by atoms with Gasteiger partial charge in [-0.25, -0.2) is 9.97 Å². The third kappa shape index (κ3) is 4.41. The second kappa shape index (κ2) is 7.85. The molecule has 3 rings (SSSR count). The van der Waals surface area contributed by atoms with E-state index in [-0.39, 0.29) is 5.91 Å². The lowest BCUT2D eigenvalue weighted by atomic mass is 9.94. The number of hydrogen-bond acceptors (Lipinski definition) is 4. The number of alkyl halides is 1. The van der Waals surface area contributed by atoms with E-state index in [1.54, 1.807) is 0 Å². The van der Waals surface area contributed by atoms with Crippen LogP contribution in [0.1, 0.15) is 25.1 Å². The van der Waals surface area contributed by atoms with E-state index in [2.05, 4.69) is 28.9 Å². The van der Waals surface area contributed by atoms with Crippen molar-refractivity contribution in [3.63, 3.8) is 0 Å². The van der Waals surface area contributed by atoms with Crippen molar-refractivity contribution in [1.82, 2.24) is 14.9 Å². The van der Waals surface area contributed by atoms with Gasteiger partial charge in [0.25, 0.3) is 0 Å². The lowest BCUT2D eigenvalue weighted by molar-refractivity contribution is -0.139. The highest BCUT2D eigenvalue weighted by Gasteiger charge is 2.33. The van der Waals surface area contributed by atoms with Crippen molar-refractivity contribution >= 4 is 23.3 Å². The van der Waals surface area contributed by atoms with E-state index >= 15 is 0 Å². The van der Waals surface area contributed by atoms with Gasteiger partial charge in [-0.1, -0.05) is 23.8 Å². The Labute approximate surface area is 166 Å². The molecule has 1 amide bonds. The van der Waals surface area contributed by atoms with Crippen LogP contribution in [0.5, 0.6) is 0 Å². The Morgan fingerprint density at radius 3 is 2.44 bits per heavy atom. The van der Waals surface area contributed by atoms with Crippen LogP contribution in [0.3, 0.4) is 0 Å². The molecule has 0 N–H and O–H groups in total. The van der Waals surface area contributed by atoms with Crippen molar-refractivity contribution < 1.29 is 4.79 Å². The number of carbonyl (C=O) groups excluding carboxylic acids is 1. The lowest BCUT2D eigenvalue weighted by Gasteiger charge is -2.38. The van der Waals surface area contributed by atoms with Gasteiger partial charge in [0.1, 0.15) is 5.82 Å². The normalized spacial score (nSPS) is 15.1. The van der Waals surface area contributed by atoms with Crippen LogP contribution >= 0.6 is 11.6 Å². The maximum atomic E-state index is 12.6. The summed E-state index contributed by atoms with van der Waals surface area (Å²) in [6, 6.07) is 10.2. The molecule has 0 aliphatic carbocycles. The summed E-state index contributed by atoms with van der Waals surface area (Å²) in [5, 5.41) is 0. The van der Waals surface area contributed by atoms with Crippen molar-refractivity contribution in [2.75, 3.05) is 37.0 Å². The van der Waals surface area contributed by atoms with Crippen molar-refractivity contribution in [3.05, 3.63) is 41.6 Å². The molecule has 6 heteroatoms. The van der Waals surface area contributed by atoms with E-state index in [9.17, 15) is 4.79 Å². The topological polar surface area (TPSA) is 49.3 Å². The molecule has 144 valence electrons. The van der Waals surface area contributed by atoms with Crippen molar-refractivity contribution in [3.8, 4) is 11.4 Å². The predicted octanol–water partition coefficient (Wildman–Crippen LogP) is 3.67. The van der Waals surface area contributed by atoms with E-state index in [4.69, 9.17) is 16.6 Å². The quantitative estimate of drug-likeness (QED) is 0.752. The van der Waals surface area contributed by atoms with Crippen LogP contribution in [0.2, 0.25) is 0 Å². The Hall–Kier alpha value is -2.14. The maximum absolute atomic E-state index is 12.6. The number of nitrogens with zero attached hydrogens (tertiary/aromatic N) is 4. The van der Waals surface area contributed by atoms with Gasteiger partial charge in [-0.05, 0) is 33.8 Å². The summed E-state index contributed by atoms with van der Waals surface area (Å²) in [7, 11) is 0. The largest absolute Gasteiger partial charge is 0.353 e. The van der Waals surface area contributed by atoms with E-state index in [0.29, 0.717) is 19.0 Å². The first kappa shape index (κ1) is 19.6. The average Bonchev–Trinajstić information content (AvgIpc) is 2.67. The molecular weight excluding hydrogens is 360 g/mol. The fourth-order valence-corrected chi connectivity index (χ4v) is 3.37. The molecule has 5 nitrogen and oxygen atoms in total. The lowest BCUT2D eigenvalue weighted by Crippen LogP contribution is -2.52. The Bertz CT molecular complexity index is 829. The number of carbonyl (C=O) groups is 1. The fraction of sp³-hybridized carbons (Fsp3) is 0.476. The van der Waals surface area contributed by atoms with E-state index in [1.165, 1.54) is 5.56 Å². The Kier molecular flexibility index (Phi) is 5.70. The van der Waals surface area contributed by atoms with E-state index in [0.717, 1.165) is 36.0 Å². The molecule has 1 aliphatic heterocycles.